The molecular weight excluding hydrogens is 353 g/mol. The van der Waals surface area contributed by atoms with Gasteiger partial charge >= 0.3 is 0 Å². The minimum atomic E-state index is -0.534. The summed E-state index contributed by atoms with van der Waals surface area (Å²) in [6.45, 7) is 2.87. The van der Waals surface area contributed by atoms with Gasteiger partial charge in [0.15, 0.2) is 0 Å². The second-order valence-corrected chi connectivity index (χ2v) is 6.71. The van der Waals surface area contributed by atoms with Crippen LogP contribution in [0, 0.1) is 24.6 Å². The molecule has 0 unspecified atom stereocenters. The van der Waals surface area contributed by atoms with Crippen molar-refractivity contribution in [2.24, 2.45) is 0 Å². The Morgan fingerprint density at radius 1 is 1.04 bits per heavy atom. The molecule has 1 amide bonds. The Hall–Kier alpha value is -3.52. The molecule has 1 aromatic heterocycles. The average molecular weight is 371 g/mol. The summed E-state index contributed by atoms with van der Waals surface area (Å²) < 4.78 is 14.4. The minimum absolute atomic E-state index is 0.0475. The molecule has 0 saturated heterocycles. The van der Waals surface area contributed by atoms with Crippen LogP contribution in [0.15, 0.2) is 54.9 Å². The van der Waals surface area contributed by atoms with E-state index in [1.54, 1.807) is 30.3 Å². The van der Waals surface area contributed by atoms with Crippen molar-refractivity contribution < 1.29 is 9.18 Å². The summed E-state index contributed by atoms with van der Waals surface area (Å²) in [4.78, 5) is 22.8. The average Bonchev–Trinajstić information content (AvgIpc) is 2.73. The van der Waals surface area contributed by atoms with Crippen molar-refractivity contribution in [1.82, 2.24) is 14.9 Å². The van der Waals surface area contributed by atoms with Gasteiger partial charge in [-0.3, -0.25) is 4.79 Å². The SMILES string of the molecule is Cc1ncc(C#Cc2ccc(F)c(C(=O)N3CCc4ccccc4C3)c2)cn1. The number of hydrogen-bond donors (Lipinski definition) is 0. The lowest BCUT2D eigenvalue weighted by Crippen LogP contribution is -2.36. The van der Waals surface area contributed by atoms with Gasteiger partial charge in [0.05, 0.1) is 11.1 Å². The minimum Gasteiger partial charge on any atom is -0.334 e. The van der Waals surface area contributed by atoms with E-state index in [1.807, 2.05) is 18.2 Å². The third-order valence-electron chi connectivity index (χ3n) is 4.75. The number of benzene rings is 2. The molecule has 28 heavy (non-hydrogen) atoms. The zero-order valence-electron chi connectivity index (χ0n) is 15.4. The van der Waals surface area contributed by atoms with Crippen LogP contribution in [-0.2, 0) is 13.0 Å². The van der Waals surface area contributed by atoms with Crippen LogP contribution < -0.4 is 0 Å². The van der Waals surface area contributed by atoms with Crippen LogP contribution in [0.3, 0.4) is 0 Å². The predicted octanol–water partition coefficient (Wildman–Crippen LogP) is 3.52. The lowest BCUT2D eigenvalue weighted by molar-refractivity contribution is 0.0730. The number of carbonyl (C=O) groups is 1. The highest BCUT2D eigenvalue weighted by Crippen LogP contribution is 2.21. The van der Waals surface area contributed by atoms with Gasteiger partial charge in [0.25, 0.3) is 5.91 Å². The number of rotatable bonds is 1. The molecular formula is C23H18FN3O. The van der Waals surface area contributed by atoms with E-state index in [-0.39, 0.29) is 11.5 Å². The first kappa shape index (κ1) is 17.9. The molecule has 0 atom stereocenters. The number of fused-ring (bicyclic) bond motifs is 1. The van der Waals surface area contributed by atoms with Crippen molar-refractivity contribution >= 4 is 5.91 Å². The van der Waals surface area contributed by atoms with Crippen molar-refractivity contribution in [1.29, 1.82) is 0 Å². The van der Waals surface area contributed by atoms with Gasteiger partial charge in [0.1, 0.15) is 11.6 Å². The van der Waals surface area contributed by atoms with Crippen molar-refractivity contribution in [3.63, 3.8) is 0 Å². The third-order valence-corrected chi connectivity index (χ3v) is 4.75. The number of aryl methyl sites for hydroxylation is 1. The molecule has 0 radical (unpaired) electrons. The van der Waals surface area contributed by atoms with Gasteiger partial charge < -0.3 is 4.90 Å². The molecule has 4 nitrogen and oxygen atoms in total. The topological polar surface area (TPSA) is 46.1 Å². The molecule has 0 fully saturated rings. The Morgan fingerprint density at radius 3 is 2.54 bits per heavy atom. The maximum Gasteiger partial charge on any atom is 0.257 e. The largest absolute Gasteiger partial charge is 0.334 e. The molecule has 0 saturated carbocycles. The van der Waals surface area contributed by atoms with Crippen LogP contribution in [0.25, 0.3) is 0 Å². The van der Waals surface area contributed by atoms with Gasteiger partial charge in [-0.05, 0) is 42.7 Å². The quantitative estimate of drug-likeness (QED) is 0.615. The van der Waals surface area contributed by atoms with Gasteiger partial charge in [0.2, 0.25) is 0 Å². The normalized spacial score (nSPS) is 12.7. The Labute approximate surface area is 163 Å². The van der Waals surface area contributed by atoms with Crippen LogP contribution in [0.2, 0.25) is 0 Å². The van der Waals surface area contributed by atoms with Gasteiger partial charge in [-0.15, -0.1) is 0 Å². The fourth-order valence-electron chi connectivity index (χ4n) is 3.21. The fourth-order valence-corrected chi connectivity index (χ4v) is 3.21. The Balaban J connectivity index is 1.57. The summed E-state index contributed by atoms with van der Waals surface area (Å²) in [5, 5.41) is 0. The van der Waals surface area contributed by atoms with Crippen LogP contribution >= 0.6 is 0 Å². The Bertz CT molecular complexity index is 1100. The summed E-state index contributed by atoms with van der Waals surface area (Å²) in [5.74, 6) is 5.72. The molecule has 3 aromatic rings. The number of carbonyl (C=O) groups excluding carboxylic acids is 1. The maximum absolute atomic E-state index is 14.4. The van der Waals surface area contributed by atoms with Crippen molar-refractivity contribution in [2.45, 2.75) is 19.9 Å². The zero-order chi connectivity index (χ0) is 19.5. The lowest BCUT2D eigenvalue weighted by atomic mass is 9.99. The fraction of sp³-hybridized carbons (Fsp3) is 0.174. The molecule has 1 aliphatic rings. The lowest BCUT2D eigenvalue weighted by Gasteiger charge is -2.29. The van der Waals surface area contributed by atoms with E-state index in [2.05, 4.69) is 27.9 Å². The van der Waals surface area contributed by atoms with Crippen LogP contribution in [0.4, 0.5) is 4.39 Å². The van der Waals surface area contributed by atoms with Crippen molar-refractivity contribution in [3.05, 3.63) is 94.3 Å². The molecule has 0 N–H and O–H groups in total. The third kappa shape index (κ3) is 3.77. The summed E-state index contributed by atoms with van der Waals surface area (Å²) in [7, 11) is 0. The van der Waals surface area contributed by atoms with Gasteiger partial charge in [-0.25, -0.2) is 14.4 Å². The highest BCUT2D eigenvalue weighted by Gasteiger charge is 2.23. The first-order chi connectivity index (χ1) is 13.6. The number of aromatic nitrogens is 2. The highest BCUT2D eigenvalue weighted by molar-refractivity contribution is 5.95. The predicted molar refractivity (Wildman–Crippen MR) is 104 cm³/mol. The Kier molecular flexibility index (Phi) is 4.86. The number of halogens is 1. The molecule has 0 bridgehead atoms. The molecule has 2 aromatic carbocycles. The number of amides is 1. The monoisotopic (exact) mass is 371 g/mol. The van der Waals surface area contributed by atoms with E-state index in [0.717, 1.165) is 12.0 Å². The van der Waals surface area contributed by atoms with Crippen molar-refractivity contribution in [2.75, 3.05) is 6.54 Å². The number of hydrogen-bond acceptors (Lipinski definition) is 3. The van der Waals surface area contributed by atoms with Gasteiger partial charge in [-0.2, -0.15) is 0 Å². The van der Waals surface area contributed by atoms with Crippen LogP contribution in [0.1, 0.15) is 38.4 Å². The first-order valence-electron chi connectivity index (χ1n) is 9.06. The smallest absolute Gasteiger partial charge is 0.257 e. The standard InChI is InChI=1S/C23H18FN3O/c1-16-25-13-18(14-26-16)7-6-17-8-9-22(24)21(12-17)23(28)27-11-10-19-4-2-3-5-20(19)15-27/h2-5,8-9,12-14H,10-11,15H2,1H3. The second kappa shape index (κ2) is 7.61. The van der Waals surface area contributed by atoms with E-state index < -0.39 is 5.82 Å². The van der Waals surface area contributed by atoms with E-state index >= 15 is 0 Å². The summed E-state index contributed by atoms with van der Waals surface area (Å²) in [5.41, 5.74) is 3.63. The van der Waals surface area contributed by atoms with Crippen LogP contribution in [-0.4, -0.2) is 27.3 Å². The zero-order valence-corrected chi connectivity index (χ0v) is 15.4. The maximum atomic E-state index is 14.4. The highest BCUT2D eigenvalue weighted by atomic mass is 19.1. The molecule has 2 heterocycles. The summed E-state index contributed by atoms with van der Waals surface area (Å²) in [6, 6.07) is 12.4. The first-order valence-corrected chi connectivity index (χ1v) is 9.06. The summed E-state index contributed by atoms with van der Waals surface area (Å²) in [6.07, 6.45) is 4.04. The second-order valence-electron chi connectivity index (χ2n) is 6.71. The Morgan fingerprint density at radius 2 is 1.75 bits per heavy atom. The van der Waals surface area contributed by atoms with Gasteiger partial charge in [-0.1, -0.05) is 36.1 Å². The van der Waals surface area contributed by atoms with Crippen molar-refractivity contribution in [3.8, 4) is 11.8 Å². The molecule has 1 aliphatic heterocycles. The molecule has 138 valence electrons. The van der Waals surface area contributed by atoms with E-state index in [4.69, 9.17) is 0 Å². The molecule has 0 aliphatic carbocycles. The number of nitrogens with zero attached hydrogens (tertiary/aromatic N) is 3. The van der Waals surface area contributed by atoms with E-state index in [0.29, 0.717) is 30.0 Å². The van der Waals surface area contributed by atoms with Gasteiger partial charge in [0, 0.05) is 31.0 Å². The molecule has 0 spiro atoms. The van der Waals surface area contributed by atoms with Crippen LogP contribution in [0.5, 0.6) is 0 Å². The molecule has 4 rings (SSSR count). The van der Waals surface area contributed by atoms with E-state index in [9.17, 15) is 9.18 Å². The van der Waals surface area contributed by atoms with E-state index in [1.165, 1.54) is 17.7 Å². The molecule has 5 heteroatoms. The summed E-state index contributed by atoms with van der Waals surface area (Å²) >= 11 is 0.